The van der Waals surface area contributed by atoms with Crippen LogP contribution in [0.1, 0.15) is 29.9 Å². The molecule has 1 atom stereocenters. The minimum atomic E-state index is -3.42. The van der Waals surface area contributed by atoms with Crippen molar-refractivity contribution in [1.29, 1.82) is 0 Å². The largest absolute Gasteiger partial charge is 0.506 e. The average Bonchev–Trinajstić information content (AvgIpc) is 2.55. The lowest BCUT2D eigenvalue weighted by Gasteiger charge is -2.16. The van der Waals surface area contributed by atoms with E-state index in [0.29, 0.717) is 12.2 Å². The summed E-state index contributed by atoms with van der Waals surface area (Å²) in [6, 6.07) is 10.2. The van der Waals surface area contributed by atoms with E-state index in [1.54, 1.807) is 36.4 Å². The first-order chi connectivity index (χ1) is 11.2. The molecule has 6 nitrogen and oxygen atoms in total. The number of nitrogens with one attached hydrogen (secondary N) is 1. The lowest BCUT2D eigenvalue weighted by Crippen LogP contribution is -2.22. The molecular formula is C17H23N3O3S. The second-order valence-electron chi connectivity index (χ2n) is 5.88. The number of benzene rings is 1. The zero-order valence-corrected chi connectivity index (χ0v) is 15.1. The second-order valence-corrected chi connectivity index (χ2v) is 8.03. The van der Waals surface area contributed by atoms with Crippen LogP contribution in [0.3, 0.4) is 0 Å². The van der Waals surface area contributed by atoms with E-state index in [4.69, 9.17) is 0 Å². The maximum absolute atomic E-state index is 12.1. The average molecular weight is 349 g/mol. The number of hydrogen-bond acceptors (Lipinski definition) is 5. The quantitative estimate of drug-likeness (QED) is 0.835. The van der Waals surface area contributed by atoms with Crippen molar-refractivity contribution in [2.75, 3.05) is 14.1 Å². The Morgan fingerprint density at radius 2 is 1.79 bits per heavy atom. The first-order valence-electron chi connectivity index (χ1n) is 7.63. The Kier molecular flexibility index (Phi) is 5.58. The Balaban J connectivity index is 2.08. The first-order valence-corrected chi connectivity index (χ1v) is 9.07. The fraction of sp³-hybridized carbons (Fsp3) is 0.353. The normalized spacial score (nSPS) is 13.2. The van der Waals surface area contributed by atoms with Gasteiger partial charge in [0.05, 0.1) is 10.6 Å². The van der Waals surface area contributed by atoms with E-state index in [9.17, 15) is 13.5 Å². The first kappa shape index (κ1) is 18.4. The molecule has 0 aliphatic rings. The molecule has 1 aromatic heterocycles. The van der Waals surface area contributed by atoms with Crippen molar-refractivity contribution in [3.63, 3.8) is 0 Å². The summed E-state index contributed by atoms with van der Waals surface area (Å²) in [5, 5.41) is 13.1. The summed E-state index contributed by atoms with van der Waals surface area (Å²) >= 11 is 0. The van der Waals surface area contributed by atoms with E-state index in [0.717, 1.165) is 11.3 Å². The smallest absolute Gasteiger partial charge is 0.242 e. The molecule has 2 aromatic rings. The minimum Gasteiger partial charge on any atom is -0.506 e. The molecule has 0 aliphatic heterocycles. The molecule has 0 fully saturated rings. The van der Waals surface area contributed by atoms with Gasteiger partial charge in [-0.3, -0.25) is 4.98 Å². The molecule has 0 spiro atoms. The number of aromatic hydroxyl groups is 1. The number of sulfonamides is 1. The van der Waals surface area contributed by atoms with Gasteiger partial charge in [0, 0.05) is 32.4 Å². The zero-order valence-electron chi connectivity index (χ0n) is 14.3. The van der Waals surface area contributed by atoms with Gasteiger partial charge in [-0.25, -0.2) is 12.7 Å². The molecular weight excluding hydrogens is 326 g/mol. The third kappa shape index (κ3) is 4.11. The molecule has 1 heterocycles. The number of hydrogen-bond donors (Lipinski definition) is 2. The highest BCUT2D eigenvalue weighted by atomic mass is 32.2. The van der Waals surface area contributed by atoms with Gasteiger partial charge in [-0.1, -0.05) is 12.1 Å². The van der Waals surface area contributed by atoms with Crippen LogP contribution in [-0.2, 0) is 16.6 Å². The molecule has 0 amide bonds. The van der Waals surface area contributed by atoms with Crippen LogP contribution in [0.5, 0.6) is 5.75 Å². The third-order valence-electron chi connectivity index (χ3n) is 3.82. The molecule has 2 N–H and O–H groups in total. The molecule has 7 heteroatoms. The summed E-state index contributed by atoms with van der Waals surface area (Å²) < 4.78 is 25.3. The van der Waals surface area contributed by atoms with Crippen LogP contribution >= 0.6 is 0 Å². The Hall–Kier alpha value is -1.96. The van der Waals surface area contributed by atoms with E-state index < -0.39 is 10.0 Å². The fourth-order valence-electron chi connectivity index (χ4n) is 2.24. The van der Waals surface area contributed by atoms with Gasteiger partial charge in [-0.15, -0.1) is 0 Å². The van der Waals surface area contributed by atoms with Crippen molar-refractivity contribution in [3.8, 4) is 5.75 Å². The van der Waals surface area contributed by atoms with E-state index in [1.165, 1.54) is 18.4 Å². The van der Waals surface area contributed by atoms with Crippen molar-refractivity contribution in [1.82, 2.24) is 14.6 Å². The number of rotatable bonds is 6. The Bertz CT molecular complexity index is 802. The number of aromatic nitrogens is 1. The summed E-state index contributed by atoms with van der Waals surface area (Å²) in [6.07, 6.45) is 0. The maximum atomic E-state index is 12.1. The van der Waals surface area contributed by atoms with Crippen LogP contribution in [0.25, 0.3) is 0 Å². The second kappa shape index (κ2) is 7.29. The number of nitrogens with zero attached hydrogens (tertiary/aromatic N) is 2. The van der Waals surface area contributed by atoms with E-state index >= 15 is 0 Å². The van der Waals surface area contributed by atoms with Crippen molar-refractivity contribution in [2.24, 2.45) is 0 Å². The van der Waals surface area contributed by atoms with Crippen LogP contribution in [0.2, 0.25) is 0 Å². The Morgan fingerprint density at radius 1 is 1.17 bits per heavy atom. The van der Waals surface area contributed by atoms with E-state index in [-0.39, 0.29) is 16.7 Å². The maximum Gasteiger partial charge on any atom is 0.242 e. The molecule has 1 aromatic carbocycles. The van der Waals surface area contributed by atoms with Crippen LogP contribution in [0.4, 0.5) is 0 Å². The molecule has 0 saturated heterocycles. The van der Waals surface area contributed by atoms with Crippen molar-refractivity contribution in [3.05, 3.63) is 53.3 Å². The summed E-state index contributed by atoms with van der Waals surface area (Å²) in [4.78, 5) is 4.57. The van der Waals surface area contributed by atoms with Gasteiger partial charge in [-0.2, -0.15) is 0 Å². The monoisotopic (exact) mass is 349 g/mol. The van der Waals surface area contributed by atoms with Gasteiger partial charge >= 0.3 is 0 Å². The van der Waals surface area contributed by atoms with Crippen molar-refractivity contribution >= 4 is 10.0 Å². The zero-order chi connectivity index (χ0) is 17.9. The Labute approximate surface area is 143 Å². The molecule has 0 radical (unpaired) electrons. The minimum absolute atomic E-state index is 0.0113. The van der Waals surface area contributed by atoms with Crippen LogP contribution in [0.15, 0.2) is 41.3 Å². The predicted octanol–water partition coefficient (Wildman–Crippen LogP) is 2.20. The standard InChI is InChI=1S/C17H23N3O3S/c1-12-5-10-17(21)16(19-12)11-18-13(2)14-6-8-15(9-7-14)24(22,23)20(3)4/h5-10,13,18,21H,11H2,1-4H3. The summed E-state index contributed by atoms with van der Waals surface area (Å²) in [5.41, 5.74) is 2.39. The van der Waals surface area contributed by atoms with Gasteiger partial charge in [0.1, 0.15) is 5.75 Å². The highest BCUT2D eigenvalue weighted by Crippen LogP contribution is 2.20. The summed E-state index contributed by atoms with van der Waals surface area (Å²) in [6.45, 7) is 4.27. The lowest BCUT2D eigenvalue weighted by molar-refractivity contribution is 0.454. The summed E-state index contributed by atoms with van der Waals surface area (Å²) in [5.74, 6) is 0.160. The SMILES string of the molecule is Cc1ccc(O)c(CNC(C)c2ccc(S(=O)(=O)N(C)C)cc2)n1. The van der Waals surface area contributed by atoms with Crippen LogP contribution < -0.4 is 5.32 Å². The highest BCUT2D eigenvalue weighted by Gasteiger charge is 2.17. The molecule has 0 bridgehead atoms. The van der Waals surface area contributed by atoms with Gasteiger partial charge in [0.25, 0.3) is 0 Å². The van der Waals surface area contributed by atoms with E-state index in [2.05, 4.69) is 10.3 Å². The van der Waals surface area contributed by atoms with Crippen molar-refractivity contribution in [2.45, 2.75) is 31.3 Å². The molecule has 0 aliphatic carbocycles. The third-order valence-corrected chi connectivity index (χ3v) is 5.65. The molecule has 130 valence electrons. The predicted molar refractivity (Wildman–Crippen MR) is 93.2 cm³/mol. The lowest BCUT2D eigenvalue weighted by atomic mass is 10.1. The fourth-order valence-corrected chi connectivity index (χ4v) is 3.14. The highest BCUT2D eigenvalue weighted by molar-refractivity contribution is 7.89. The number of pyridine rings is 1. The molecule has 0 saturated carbocycles. The molecule has 1 unspecified atom stereocenters. The van der Waals surface area contributed by atoms with Gasteiger partial charge in [0.15, 0.2) is 0 Å². The van der Waals surface area contributed by atoms with Gasteiger partial charge in [0.2, 0.25) is 10.0 Å². The topological polar surface area (TPSA) is 82.5 Å². The van der Waals surface area contributed by atoms with Gasteiger partial charge < -0.3 is 10.4 Å². The Morgan fingerprint density at radius 3 is 2.38 bits per heavy atom. The molecule has 24 heavy (non-hydrogen) atoms. The number of aryl methyl sites for hydroxylation is 1. The van der Waals surface area contributed by atoms with E-state index in [1.807, 2.05) is 13.8 Å². The summed E-state index contributed by atoms with van der Waals surface area (Å²) in [7, 11) is -0.398. The van der Waals surface area contributed by atoms with Crippen molar-refractivity contribution < 1.29 is 13.5 Å². The van der Waals surface area contributed by atoms with Gasteiger partial charge in [-0.05, 0) is 43.7 Å². The molecule has 2 rings (SSSR count). The van der Waals surface area contributed by atoms with Crippen LogP contribution in [-0.4, -0.2) is 36.9 Å². The van der Waals surface area contributed by atoms with Crippen LogP contribution in [0, 0.1) is 6.92 Å².